The van der Waals surface area contributed by atoms with E-state index < -0.39 is 29.0 Å². The molecule has 4 rings (SSSR count). The van der Waals surface area contributed by atoms with Gasteiger partial charge in [-0.1, -0.05) is 6.07 Å². The molecule has 13 nitrogen and oxygen atoms in total. The third-order valence-electron chi connectivity index (χ3n) is 6.35. The number of nitrogens with one attached hydrogen (secondary N) is 2. The molecule has 214 valence electrons. The fourth-order valence-corrected chi connectivity index (χ4v) is 4.37. The molecule has 0 unspecified atom stereocenters. The van der Waals surface area contributed by atoms with Crippen LogP contribution in [0, 0.1) is 0 Å². The number of hydrogen-bond donors (Lipinski definition) is 2. The van der Waals surface area contributed by atoms with Gasteiger partial charge >= 0.3 is 17.8 Å². The molecule has 0 saturated carbocycles. The van der Waals surface area contributed by atoms with Crippen LogP contribution in [0.3, 0.4) is 0 Å². The second-order valence-electron chi connectivity index (χ2n) is 11.2. The number of ketones is 1. The van der Waals surface area contributed by atoms with Crippen molar-refractivity contribution < 1.29 is 28.7 Å². The first-order valence-corrected chi connectivity index (χ1v) is 13.0. The monoisotopic (exact) mass is 554 g/mol. The lowest BCUT2D eigenvalue weighted by Crippen LogP contribution is -2.60. The van der Waals surface area contributed by atoms with Crippen LogP contribution in [0.5, 0.6) is 5.75 Å². The van der Waals surface area contributed by atoms with Gasteiger partial charge in [-0.25, -0.2) is 14.4 Å². The first-order valence-electron chi connectivity index (χ1n) is 13.0. The Morgan fingerprint density at radius 1 is 0.975 bits per heavy atom. The molecule has 0 radical (unpaired) electrons. The number of rotatable bonds is 4. The molecule has 1 aromatic heterocycles. The number of amides is 4. The van der Waals surface area contributed by atoms with Crippen LogP contribution < -0.4 is 21.1 Å². The van der Waals surface area contributed by atoms with Crippen LogP contribution in [0.1, 0.15) is 40.2 Å². The number of anilines is 1. The molecule has 0 bridgehead atoms. The number of urea groups is 1. The van der Waals surface area contributed by atoms with Gasteiger partial charge in [0.2, 0.25) is 5.91 Å². The molecule has 0 aliphatic carbocycles. The lowest BCUT2D eigenvalue weighted by molar-refractivity contribution is -0.138. The summed E-state index contributed by atoms with van der Waals surface area (Å²) in [5, 5.41) is 5.24. The summed E-state index contributed by atoms with van der Waals surface area (Å²) in [5.74, 6) is 0.337. The molecule has 1 saturated heterocycles. The highest BCUT2D eigenvalue weighted by Gasteiger charge is 2.36. The van der Waals surface area contributed by atoms with Crippen molar-refractivity contribution in [1.29, 1.82) is 0 Å². The number of piperazine rings is 1. The van der Waals surface area contributed by atoms with E-state index >= 15 is 0 Å². The molecular weight excluding hydrogens is 520 g/mol. The molecule has 2 aliphatic heterocycles. The lowest BCUT2D eigenvalue weighted by atomic mass is 10.0. The number of benzene rings is 1. The molecule has 40 heavy (non-hydrogen) atoms. The number of Topliss-reactive ketones (excluding diaryl/α,β-unsaturated/α-hetero) is 1. The van der Waals surface area contributed by atoms with E-state index in [1.54, 1.807) is 57.7 Å². The van der Waals surface area contributed by atoms with Crippen molar-refractivity contribution in [2.24, 2.45) is 0 Å². The average molecular weight is 555 g/mol. The van der Waals surface area contributed by atoms with E-state index in [0.717, 1.165) is 5.56 Å². The van der Waals surface area contributed by atoms with Crippen LogP contribution in [0.15, 0.2) is 35.3 Å². The fraction of sp³-hybridized carbons (Fsp3) is 0.481. The first kappa shape index (κ1) is 28.6. The maximum absolute atomic E-state index is 13.0. The highest BCUT2D eigenvalue weighted by molar-refractivity contribution is 5.90. The number of ether oxygens (including phenoxy) is 2. The van der Waals surface area contributed by atoms with E-state index in [0.29, 0.717) is 11.4 Å². The molecule has 1 fully saturated rings. The number of hydrogen-bond acceptors (Lipinski definition) is 8. The number of carbonyl (C=O) groups excluding carboxylic acids is 4. The van der Waals surface area contributed by atoms with Crippen LogP contribution in [0.4, 0.5) is 15.4 Å². The van der Waals surface area contributed by atoms with E-state index in [2.05, 4.69) is 15.6 Å². The average Bonchev–Trinajstić information content (AvgIpc) is 2.86. The SMILES string of the molecule is CC(C)(C)OC(=O)NC(C)(C)C(=O)N1CCN(C(=O)Nc2ccn(-c3ccc4c(c3)OCC(=O)C4)c(=O)n2)CC1. The highest BCUT2D eigenvalue weighted by atomic mass is 16.6. The minimum atomic E-state index is -1.19. The third-order valence-corrected chi connectivity index (χ3v) is 6.35. The Balaban J connectivity index is 1.32. The molecule has 4 amide bonds. The summed E-state index contributed by atoms with van der Waals surface area (Å²) in [6, 6.07) is 6.17. The van der Waals surface area contributed by atoms with E-state index in [-0.39, 0.29) is 56.7 Å². The smallest absolute Gasteiger partial charge is 0.408 e. The van der Waals surface area contributed by atoms with Gasteiger partial charge in [-0.3, -0.25) is 19.5 Å². The number of aromatic nitrogens is 2. The van der Waals surface area contributed by atoms with Gasteiger partial charge in [0.25, 0.3) is 0 Å². The third kappa shape index (κ3) is 6.77. The Morgan fingerprint density at radius 2 is 1.65 bits per heavy atom. The summed E-state index contributed by atoms with van der Waals surface area (Å²) in [6.07, 6.45) is 1.10. The second kappa shape index (κ2) is 11.0. The van der Waals surface area contributed by atoms with Gasteiger partial charge in [0.1, 0.15) is 29.3 Å². The van der Waals surface area contributed by atoms with Crippen LogP contribution >= 0.6 is 0 Å². The van der Waals surface area contributed by atoms with Crippen molar-refractivity contribution in [1.82, 2.24) is 24.7 Å². The molecule has 2 aliphatic rings. The number of carbonyl (C=O) groups is 4. The number of nitrogens with zero attached hydrogens (tertiary/aromatic N) is 4. The largest absolute Gasteiger partial charge is 0.485 e. The minimum Gasteiger partial charge on any atom is -0.485 e. The van der Waals surface area contributed by atoms with Gasteiger partial charge in [0.15, 0.2) is 5.78 Å². The Kier molecular flexibility index (Phi) is 7.85. The Labute approximate surface area is 231 Å². The molecule has 0 atom stereocenters. The van der Waals surface area contributed by atoms with Crippen molar-refractivity contribution in [3.05, 3.63) is 46.5 Å². The zero-order valence-corrected chi connectivity index (χ0v) is 23.3. The Bertz CT molecular complexity index is 1390. The van der Waals surface area contributed by atoms with E-state index in [9.17, 15) is 24.0 Å². The lowest BCUT2D eigenvalue weighted by Gasteiger charge is -2.38. The maximum atomic E-state index is 13.0. The number of alkyl carbamates (subject to hydrolysis) is 1. The standard InChI is InChI=1S/C27H34N6O7/c1-26(2,3)40-25(38)30-27(4,5)22(35)31-10-12-32(13-11-31)23(36)28-21-8-9-33(24(37)29-21)18-7-6-17-14-19(34)16-39-20(17)15-18/h6-9,15H,10-14,16H2,1-5H3,(H,30,38)(H,28,29,36,37). The normalized spacial score (nSPS) is 15.6. The molecule has 0 spiro atoms. The zero-order chi connectivity index (χ0) is 29.2. The molecule has 3 heterocycles. The van der Waals surface area contributed by atoms with E-state index in [4.69, 9.17) is 9.47 Å². The van der Waals surface area contributed by atoms with Crippen LogP contribution in [0.25, 0.3) is 5.69 Å². The van der Waals surface area contributed by atoms with Gasteiger partial charge in [-0.15, -0.1) is 0 Å². The Morgan fingerprint density at radius 3 is 2.30 bits per heavy atom. The van der Waals surface area contributed by atoms with Crippen molar-refractivity contribution in [3.63, 3.8) is 0 Å². The Hall–Kier alpha value is -4.42. The van der Waals surface area contributed by atoms with Gasteiger partial charge < -0.3 is 24.6 Å². The molecule has 2 N–H and O–H groups in total. The maximum Gasteiger partial charge on any atom is 0.408 e. The van der Waals surface area contributed by atoms with Gasteiger partial charge in [-0.2, -0.15) is 4.98 Å². The topological polar surface area (TPSA) is 152 Å². The second-order valence-corrected chi connectivity index (χ2v) is 11.2. The summed E-state index contributed by atoms with van der Waals surface area (Å²) in [4.78, 5) is 69.4. The molecule has 2 aromatic rings. The molecule has 13 heteroatoms. The predicted molar refractivity (Wildman–Crippen MR) is 145 cm³/mol. The first-order chi connectivity index (χ1) is 18.7. The summed E-state index contributed by atoms with van der Waals surface area (Å²) < 4.78 is 12.0. The predicted octanol–water partition coefficient (Wildman–Crippen LogP) is 1.72. The van der Waals surface area contributed by atoms with Gasteiger partial charge in [0.05, 0.1) is 5.69 Å². The van der Waals surface area contributed by atoms with Gasteiger partial charge in [0, 0.05) is 50.4 Å². The minimum absolute atomic E-state index is 0.00226. The summed E-state index contributed by atoms with van der Waals surface area (Å²) >= 11 is 0. The van der Waals surface area contributed by atoms with E-state index in [1.165, 1.54) is 21.7 Å². The van der Waals surface area contributed by atoms with Crippen LogP contribution in [-0.4, -0.2) is 87.1 Å². The van der Waals surface area contributed by atoms with Crippen molar-refractivity contribution in [2.45, 2.75) is 52.2 Å². The van der Waals surface area contributed by atoms with Crippen molar-refractivity contribution in [2.75, 3.05) is 38.1 Å². The summed E-state index contributed by atoms with van der Waals surface area (Å²) in [7, 11) is 0. The number of fused-ring (bicyclic) bond motifs is 1. The van der Waals surface area contributed by atoms with E-state index in [1.807, 2.05) is 0 Å². The van der Waals surface area contributed by atoms with Crippen LogP contribution in [0.2, 0.25) is 0 Å². The summed E-state index contributed by atoms with van der Waals surface area (Å²) in [6.45, 7) is 9.47. The zero-order valence-electron chi connectivity index (χ0n) is 23.3. The van der Waals surface area contributed by atoms with Gasteiger partial charge in [-0.05, 0) is 46.8 Å². The highest BCUT2D eigenvalue weighted by Crippen LogP contribution is 2.26. The van der Waals surface area contributed by atoms with Crippen molar-refractivity contribution in [3.8, 4) is 11.4 Å². The fourth-order valence-electron chi connectivity index (χ4n) is 4.37. The van der Waals surface area contributed by atoms with Crippen molar-refractivity contribution >= 4 is 29.6 Å². The molecular formula is C27H34N6O7. The van der Waals surface area contributed by atoms with Crippen LogP contribution in [-0.2, 0) is 20.7 Å². The quantitative estimate of drug-likeness (QED) is 0.580. The summed E-state index contributed by atoms with van der Waals surface area (Å²) in [5.41, 5.74) is -1.20. The molecule has 1 aromatic carbocycles.